The molecule has 0 aromatic carbocycles. The first-order valence-electron chi connectivity index (χ1n) is 8.99. The molecule has 7 nitrogen and oxygen atoms in total. The van der Waals surface area contributed by atoms with Gasteiger partial charge in [0.25, 0.3) is 0 Å². The van der Waals surface area contributed by atoms with Crippen molar-refractivity contribution in [3.63, 3.8) is 0 Å². The van der Waals surface area contributed by atoms with E-state index in [-0.39, 0.29) is 17.7 Å². The molecule has 0 unspecified atom stereocenters. The number of likely N-dealkylation sites (tertiary alicyclic amines) is 1. The fourth-order valence-corrected chi connectivity index (χ4v) is 2.87. The minimum absolute atomic E-state index is 0.00488. The second-order valence-electron chi connectivity index (χ2n) is 6.66. The first kappa shape index (κ1) is 18.1. The lowest BCUT2D eigenvalue weighted by Crippen LogP contribution is -2.52. The summed E-state index contributed by atoms with van der Waals surface area (Å²) >= 11 is 0. The zero-order valence-corrected chi connectivity index (χ0v) is 15.2. The monoisotopic (exact) mass is 356 g/mol. The molecule has 1 N–H and O–H groups in total. The Bertz CT molecular complexity index is 751. The summed E-state index contributed by atoms with van der Waals surface area (Å²) in [7, 11) is 0. The third-order valence-electron chi connectivity index (χ3n) is 4.57. The van der Waals surface area contributed by atoms with Gasteiger partial charge in [0.1, 0.15) is 12.4 Å². The molecule has 3 rings (SSSR count). The van der Waals surface area contributed by atoms with Crippen LogP contribution in [0.15, 0.2) is 23.5 Å². The quantitative estimate of drug-likeness (QED) is 0.367. The molecular formula is C19H24N4O3. The molecule has 138 valence electrons. The Kier molecular flexibility index (Phi) is 5.65. The average Bonchev–Trinajstić information content (AvgIpc) is 2.59. The number of fused-ring (bicyclic) bond motifs is 1. The number of hydrogen-bond donors (Lipinski definition) is 1. The van der Waals surface area contributed by atoms with Gasteiger partial charge >= 0.3 is 0 Å². The molecule has 0 bridgehead atoms. The van der Waals surface area contributed by atoms with Crippen molar-refractivity contribution < 1.29 is 14.4 Å². The number of aromatic nitrogens is 1. The van der Waals surface area contributed by atoms with Gasteiger partial charge in [0.15, 0.2) is 0 Å². The summed E-state index contributed by atoms with van der Waals surface area (Å²) < 4.78 is 0. The van der Waals surface area contributed by atoms with E-state index in [9.17, 15) is 9.59 Å². The fraction of sp³-hybridized carbons (Fsp3) is 0.474. The lowest BCUT2D eigenvalue weighted by atomic mass is 9.95. The Morgan fingerprint density at radius 3 is 3.04 bits per heavy atom. The maximum Gasteiger partial charge on any atom is 0.246 e. The normalized spacial score (nSPS) is 17.7. The third-order valence-corrected chi connectivity index (χ3v) is 4.57. The molecule has 1 fully saturated rings. The predicted octanol–water partition coefficient (Wildman–Crippen LogP) is 2.24. The number of carbonyl (C=O) groups excluding carboxylic acids is 2. The number of aryl methyl sites for hydroxylation is 1. The van der Waals surface area contributed by atoms with Gasteiger partial charge in [0, 0.05) is 37.7 Å². The van der Waals surface area contributed by atoms with Crippen molar-refractivity contribution in [3.8, 4) is 0 Å². The Hall–Kier alpha value is -2.70. The van der Waals surface area contributed by atoms with E-state index in [4.69, 9.17) is 4.84 Å². The lowest BCUT2D eigenvalue weighted by Gasteiger charge is -2.38. The third kappa shape index (κ3) is 4.28. The zero-order valence-electron chi connectivity index (χ0n) is 15.2. The summed E-state index contributed by atoms with van der Waals surface area (Å²) in [5.74, 6) is 0.873. The smallest absolute Gasteiger partial charge is 0.246 e. The molecule has 0 saturated carbocycles. The van der Waals surface area contributed by atoms with Crippen LogP contribution >= 0.6 is 0 Å². The van der Waals surface area contributed by atoms with Crippen LogP contribution in [0.2, 0.25) is 0 Å². The van der Waals surface area contributed by atoms with Crippen molar-refractivity contribution in [3.05, 3.63) is 29.5 Å². The highest BCUT2D eigenvalue weighted by Crippen LogP contribution is 2.22. The first-order valence-corrected chi connectivity index (χ1v) is 8.99. The van der Waals surface area contributed by atoms with E-state index in [2.05, 4.69) is 15.5 Å². The zero-order chi connectivity index (χ0) is 18.5. The number of amides is 2. The Labute approximate surface area is 153 Å². The molecule has 0 atom stereocenters. The van der Waals surface area contributed by atoms with Crippen molar-refractivity contribution in [1.82, 2.24) is 9.88 Å². The van der Waals surface area contributed by atoms with E-state index in [0.29, 0.717) is 38.4 Å². The summed E-state index contributed by atoms with van der Waals surface area (Å²) in [6.45, 7) is 5.93. The summed E-state index contributed by atoms with van der Waals surface area (Å²) in [6, 6.07) is 1.96. The molecule has 2 aliphatic rings. The van der Waals surface area contributed by atoms with Gasteiger partial charge in [-0.3, -0.25) is 9.59 Å². The van der Waals surface area contributed by atoms with Crippen LogP contribution < -0.4 is 5.32 Å². The van der Waals surface area contributed by atoms with Crippen molar-refractivity contribution in [2.75, 3.05) is 25.0 Å². The summed E-state index contributed by atoms with van der Waals surface area (Å²) in [6.07, 6.45) is 7.08. The minimum atomic E-state index is -0.0189. The Balaban J connectivity index is 1.51. The maximum atomic E-state index is 12.2. The highest BCUT2D eigenvalue weighted by molar-refractivity contribution is 5.95. The van der Waals surface area contributed by atoms with Crippen LogP contribution in [0.5, 0.6) is 0 Å². The largest absolute Gasteiger partial charge is 0.396 e. The van der Waals surface area contributed by atoms with Crippen LogP contribution in [0.1, 0.15) is 37.8 Å². The second kappa shape index (κ2) is 8.12. The van der Waals surface area contributed by atoms with Crippen LogP contribution in [-0.2, 0) is 20.8 Å². The second-order valence-corrected chi connectivity index (χ2v) is 6.66. The first-order chi connectivity index (χ1) is 12.6. The molecule has 1 aromatic heterocycles. The number of nitrogens with zero attached hydrogens (tertiary/aromatic N) is 3. The summed E-state index contributed by atoms with van der Waals surface area (Å²) in [5.41, 5.74) is 2.80. The molecule has 0 aliphatic carbocycles. The van der Waals surface area contributed by atoms with Gasteiger partial charge in [0.2, 0.25) is 11.8 Å². The van der Waals surface area contributed by atoms with E-state index < -0.39 is 0 Å². The van der Waals surface area contributed by atoms with Crippen LogP contribution in [0.25, 0.3) is 6.08 Å². The highest BCUT2D eigenvalue weighted by atomic mass is 16.6. The van der Waals surface area contributed by atoms with Gasteiger partial charge in [-0.15, -0.1) is 0 Å². The van der Waals surface area contributed by atoms with E-state index >= 15 is 0 Å². The van der Waals surface area contributed by atoms with Gasteiger partial charge in [-0.2, -0.15) is 0 Å². The van der Waals surface area contributed by atoms with E-state index in [1.807, 2.05) is 19.9 Å². The number of rotatable bonds is 6. The topological polar surface area (TPSA) is 83.9 Å². The Morgan fingerprint density at radius 1 is 1.46 bits per heavy atom. The Morgan fingerprint density at radius 2 is 2.27 bits per heavy atom. The predicted molar refractivity (Wildman–Crippen MR) is 99.6 cm³/mol. The fourth-order valence-electron chi connectivity index (χ4n) is 2.87. The molecule has 7 heteroatoms. The average molecular weight is 356 g/mol. The van der Waals surface area contributed by atoms with Gasteiger partial charge in [-0.05, 0) is 43.0 Å². The number of hydrogen-bond acceptors (Lipinski definition) is 5. The standard InChI is InChI=1S/C19H24N4O3/c1-3-8-26-22-13(2)16-11-23(12-16)18(25)7-4-14-9-15-5-6-17(24)21-19(15)20-10-14/h4,7,9-10,16H,3,5-6,8,11-12H2,1-2H3,(H,20,21,24)/b7-4+,22-13-. The lowest BCUT2D eigenvalue weighted by molar-refractivity contribution is -0.130. The molecule has 1 aromatic rings. The van der Waals surface area contributed by atoms with E-state index in [1.165, 1.54) is 0 Å². The summed E-state index contributed by atoms with van der Waals surface area (Å²) in [4.78, 5) is 34.8. The number of oxime groups is 1. The van der Waals surface area contributed by atoms with Crippen LogP contribution in [0, 0.1) is 5.92 Å². The van der Waals surface area contributed by atoms with Crippen molar-refractivity contribution in [1.29, 1.82) is 0 Å². The SMILES string of the molecule is CCCO/N=C(/C)C1CN(C(=O)/C=C/c2cnc3c(c2)CCC(=O)N3)C1. The summed E-state index contributed by atoms with van der Waals surface area (Å²) in [5, 5.41) is 6.84. The van der Waals surface area contributed by atoms with Gasteiger partial charge in [-0.1, -0.05) is 12.1 Å². The molecule has 3 heterocycles. The van der Waals surface area contributed by atoms with Gasteiger partial charge in [-0.25, -0.2) is 4.98 Å². The molecular weight excluding hydrogens is 332 g/mol. The number of anilines is 1. The van der Waals surface area contributed by atoms with Gasteiger partial charge < -0.3 is 15.1 Å². The van der Waals surface area contributed by atoms with Crippen LogP contribution in [-0.4, -0.2) is 47.1 Å². The molecule has 2 aliphatic heterocycles. The molecule has 2 amide bonds. The molecule has 0 spiro atoms. The van der Waals surface area contributed by atoms with Gasteiger partial charge in [0.05, 0.1) is 5.71 Å². The maximum absolute atomic E-state index is 12.2. The van der Waals surface area contributed by atoms with Crippen molar-refractivity contribution in [2.24, 2.45) is 11.1 Å². The highest BCUT2D eigenvalue weighted by Gasteiger charge is 2.31. The van der Waals surface area contributed by atoms with Crippen LogP contribution in [0.3, 0.4) is 0 Å². The van der Waals surface area contributed by atoms with Crippen LogP contribution in [0.4, 0.5) is 5.82 Å². The number of carbonyl (C=O) groups is 2. The van der Waals surface area contributed by atoms with E-state index in [1.54, 1.807) is 23.2 Å². The molecule has 26 heavy (non-hydrogen) atoms. The van der Waals surface area contributed by atoms with Crippen molar-refractivity contribution >= 4 is 29.4 Å². The molecule has 0 radical (unpaired) electrons. The minimum Gasteiger partial charge on any atom is -0.396 e. The number of pyridine rings is 1. The number of nitrogens with one attached hydrogen (secondary N) is 1. The van der Waals surface area contributed by atoms with E-state index in [0.717, 1.165) is 23.3 Å². The van der Waals surface area contributed by atoms with Crippen molar-refractivity contribution in [2.45, 2.75) is 33.1 Å². The molecule has 1 saturated heterocycles.